The molecule has 0 unspecified atom stereocenters. The highest BCUT2D eigenvalue weighted by molar-refractivity contribution is 7.07. The van der Waals surface area contributed by atoms with E-state index in [9.17, 15) is 19.6 Å². The highest BCUT2D eigenvalue weighted by Gasteiger charge is 2.22. The summed E-state index contributed by atoms with van der Waals surface area (Å²) in [5, 5.41) is 26.4. The van der Waals surface area contributed by atoms with Gasteiger partial charge in [-0.1, -0.05) is 67.6 Å². The third kappa shape index (κ3) is 10.1. The minimum atomic E-state index is -0.478. The largest absolute Gasteiger partial charge is 0.399 e. The van der Waals surface area contributed by atoms with Gasteiger partial charge in [0.15, 0.2) is 0 Å². The van der Waals surface area contributed by atoms with E-state index < -0.39 is 6.04 Å². The van der Waals surface area contributed by atoms with Crippen LogP contribution >= 0.6 is 11.3 Å². The van der Waals surface area contributed by atoms with E-state index >= 15 is 0 Å². The third-order valence-electron chi connectivity index (χ3n) is 8.64. The van der Waals surface area contributed by atoms with E-state index in [1.54, 1.807) is 59.9 Å². The molecule has 0 spiro atoms. The van der Waals surface area contributed by atoms with Gasteiger partial charge in [-0.15, -0.1) is 0 Å². The third-order valence-corrected chi connectivity index (χ3v) is 9.37. The summed E-state index contributed by atoms with van der Waals surface area (Å²) in [6.07, 6.45) is 1.08. The van der Waals surface area contributed by atoms with Gasteiger partial charge in [0, 0.05) is 35.9 Å². The summed E-state index contributed by atoms with van der Waals surface area (Å²) in [7, 11) is 0. The lowest BCUT2D eigenvalue weighted by Gasteiger charge is -2.23. The number of carbonyl (C=O) groups excluding carboxylic acids is 3. The summed E-state index contributed by atoms with van der Waals surface area (Å²) in [5.74, 6) is -0.859. The number of amides is 3. The zero-order chi connectivity index (χ0) is 36.2. The van der Waals surface area contributed by atoms with Crippen molar-refractivity contribution in [1.29, 1.82) is 5.26 Å². The van der Waals surface area contributed by atoms with E-state index in [4.69, 9.17) is 5.73 Å². The maximum Gasteiger partial charge on any atom is 0.251 e. The summed E-state index contributed by atoms with van der Waals surface area (Å²) in [6, 6.07) is 32.2. The average molecular weight is 699 g/mol. The lowest BCUT2D eigenvalue weighted by atomic mass is 9.95. The van der Waals surface area contributed by atoms with Gasteiger partial charge in [0.1, 0.15) is 0 Å². The molecule has 0 saturated heterocycles. The van der Waals surface area contributed by atoms with Crippen molar-refractivity contribution in [2.24, 2.45) is 0 Å². The first-order valence-corrected chi connectivity index (χ1v) is 17.9. The number of nitrogens with one attached hydrogen (secondary N) is 4. The second-order valence-corrected chi connectivity index (χ2v) is 13.2. The number of nitrogens with zero attached hydrogens (tertiary/aromatic N) is 1. The lowest BCUT2D eigenvalue weighted by molar-refractivity contribution is -0.123. The number of anilines is 1. The van der Waals surface area contributed by atoms with Crippen molar-refractivity contribution in [2.75, 3.05) is 12.3 Å². The van der Waals surface area contributed by atoms with Crippen LogP contribution in [0.5, 0.6) is 0 Å². The van der Waals surface area contributed by atoms with Crippen molar-refractivity contribution in [3.05, 3.63) is 147 Å². The minimum absolute atomic E-state index is 0.140. The first kappa shape index (κ1) is 36.5. The summed E-state index contributed by atoms with van der Waals surface area (Å²) < 4.78 is 0. The molecular weight excluding hydrogens is 657 g/mol. The van der Waals surface area contributed by atoms with Crippen molar-refractivity contribution in [1.82, 2.24) is 21.3 Å². The molecule has 0 saturated carbocycles. The van der Waals surface area contributed by atoms with Crippen LogP contribution in [0.3, 0.4) is 0 Å². The number of carbonyl (C=O) groups is 3. The Balaban J connectivity index is 1.37. The number of hydrogen-bond acceptors (Lipinski definition) is 7. The fraction of sp³-hybridized carbons (Fsp3) is 0.220. The Morgan fingerprint density at radius 1 is 0.843 bits per heavy atom. The van der Waals surface area contributed by atoms with Gasteiger partial charge in [-0.3, -0.25) is 14.4 Å². The van der Waals surface area contributed by atoms with Crippen LogP contribution in [0.1, 0.15) is 69.3 Å². The molecule has 6 N–H and O–H groups in total. The molecule has 0 bridgehead atoms. The van der Waals surface area contributed by atoms with Crippen LogP contribution in [0.25, 0.3) is 11.1 Å². The molecule has 1 aromatic heterocycles. The summed E-state index contributed by atoms with van der Waals surface area (Å²) in [6.45, 7) is 4.54. The second kappa shape index (κ2) is 17.8. The summed E-state index contributed by atoms with van der Waals surface area (Å²) in [5.41, 5.74) is 11.6. The maximum absolute atomic E-state index is 14.1. The Bertz CT molecular complexity index is 1970. The number of nitrogens with two attached hydrogens (primary N) is 1. The van der Waals surface area contributed by atoms with Crippen LogP contribution < -0.4 is 27.0 Å². The molecule has 0 aliphatic carbocycles. The van der Waals surface area contributed by atoms with Crippen molar-refractivity contribution in [2.45, 2.75) is 51.4 Å². The second-order valence-electron chi connectivity index (χ2n) is 12.4. The Hall–Kier alpha value is -5.76. The highest BCUT2D eigenvalue weighted by Crippen LogP contribution is 2.27. The van der Waals surface area contributed by atoms with Gasteiger partial charge in [-0.05, 0) is 101 Å². The van der Waals surface area contributed by atoms with Crippen LogP contribution in [0.15, 0.2) is 114 Å². The lowest BCUT2D eigenvalue weighted by Crippen LogP contribution is -2.50. The zero-order valence-corrected chi connectivity index (χ0v) is 29.5. The van der Waals surface area contributed by atoms with E-state index in [0.717, 1.165) is 16.7 Å². The van der Waals surface area contributed by atoms with Crippen LogP contribution in [0.2, 0.25) is 0 Å². The molecule has 0 radical (unpaired) electrons. The van der Waals surface area contributed by atoms with E-state index in [1.165, 1.54) is 0 Å². The van der Waals surface area contributed by atoms with Crippen LogP contribution in [0.4, 0.5) is 5.69 Å². The minimum Gasteiger partial charge on any atom is -0.399 e. The molecule has 260 valence electrons. The van der Waals surface area contributed by atoms with Crippen molar-refractivity contribution in [3.8, 4) is 17.2 Å². The van der Waals surface area contributed by atoms with Gasteiger partial charge in [-0.25, -0.2) is 0 Å². The van der Waals surface area contributed by atoms with Gasteiger partial charge >= 0.3 is 0 Å². The molecule has 4 aromatic carbocycles. The van der Waals surface area contributed by atoms with Crippen LogP contribution in [0, 0.1) is 11.3 Å². The molecule has 0 fully saturated rings. The Kier molecular flexibility index (Phi) is 12.7. The van der Waals surface area contributed by atoms with Crippen LogP contribution in [-0.2, 0) is 17.8 Å². The first-order valence-electron chi connectivity index (χ1n) is 16.9. The smallest absolute Gasteiger partial charge is 0.251 e. The zero-order valence-electron chi connectivity index (χ0n) is 28.7. The summed E-state index contributed by atoms with van der Waals surface area (Å²) in [4.78, 5) is 40.8. The molecule has 51 heavy (non-hydrogen) atoms. The standard InChI is InChI=1S/C41H42N6O3S/c1-3-38(41(50)45-24-28-13-15-35(43)16-14-28)44-25-36(19-29-17-18-51-26-29)47-40(49)34-21-32(37-12-8-7-11-31(37)23-42)20-33(22-34)39(48)46-27(2)30-9-5-4-6-10-30/h4-18,20-22,26-27,36,38,44H,3,19,24-25,43H2,1-2H3,(H,45,50)(H,46,48)(H,47,49)/t27-,36+,38+/m1/s1. The Morgan fingerprint density at radius 3 is 2.20 bits per heavy atom. The van der Waals surface area contributed by atoms with Crippen molar-refractivity contribution < 1.29 is 14.4 Å². The van der Waals surface area contributed by atoms with Gasteiger partial charge in [0.05, 0.1) is 23.7 Å². The molecule has 10 heteroatoms. The average Bonchev–Trinajstić information content (AvgIpc) is 3.68. The van der Waals surface area contributed by atoms with Gasteiger partial charge in [0.25, 0.3) is 11.8 Å². The molecule has 9 nitrogen and oxygen atoms in total. The van der Waals surface area contributed by atoms with Gasteiger partial charge in [-0.2, -0.15) is 16.6 Å². The number of thiophene rings is 1. The van der Waals surface area contributed by atoms with E-state index in [0.29, 0.717) is 53.9 Å². The molecular formula is C41H42N6O3S. The molecule has 1 heterocycles. The fourth-order valence-electron chi connectivity index (χ4n) is 5.77. The Labute approximate surface area is 302 Å². The SMILES string of the molecule is CC[C@H](NC[C@H](Cc1ccsc1)NC(=O)c1cc(C(=O)N[C@H](C)c2ccccc2)cc(-c2ccccc2C#N)c1)C(=O)NCc1ccc(N)cc1. The maximum atomic E-state index is 14.1. The van der Waals surface area contributed by atoms with E-state index in [1.807, 2.05) is 79.2 Å². The normalized spacial score (nSPS) is 12.6. The monoisotopic (exact) mass is 698 g/mol. The van der Waals surface area contributed by atoms with E-state index in [-0.39, 0.29) is 35.4 Å². The molecule has 5 aromatic rings. The van der Waals surface area contributed by atoms with Gasteiger partial charge < -0.3 is 27.0 Å². The predicted molar refractivity (Wildman–Crippen MR) is 203 cm³/mol. The quantitative estimate of drug-likeness (QED) is 0.0801. The van der Waals surface area contributed by atoms with E-state index in [2.05, 4.69) is 27.3 Å². The predicted octanol–water partition coefficient (Wildman–Crippen LogP) is 6.39. The first-order chi connectivity index (χ1) is 24.7. The van der Waals surface area contributed by atoms with Gasteiger partial charge in [0.2, 0.25) is 5.91 Å². The highest BCUT2D eigenvalue weighted by atomic mass is 32.1. The number of nitrogen functional groups attached to an aromatic ring is 1. The fourth-order valence-corrected chi connectivity index (χ4v) is 6.46. The summed E-state index contributed by atoms with van der Waals surface area (Å²) >= 11 is 1.57. The molecule has 0 aliphatic heterocycles. The number of hydrogen-bond donors (Lipinski definition) is 5. The van der Waals surface area contributed by atoms with Crippen molar-refractivity contribution in [3.63, 3.8) is 0 Å². The number of rotatable bonds is 15. The molecule has 3 atom stereocenters. The molecule has 5 rings (SSSR count). The topological polar surface area (TPSA) is 149 Å². The van der Waals surface area contributed by atoms with Crippen LogP contribution in [-0.4, -0.2) is 36.3 Å². The molecule has 0 aliphatic rings. The van der Waals surface area contributed by atoms with Crippen molar-refractivity contribution >= 4 is 34.7 Å². The number of benzene rings is 4. The number of nitriles is 1. The molecule has 3 amide bonds. The Morgan fingerprint density at radius 2 is 1.53 bits per heavy atom.